The molecule has 0 aliphatic heterocycles. The molecular formula is C21H24N4O3. The first-order chi connectivity index (χ1) is 13.6. The lowest BCUT2D eigenvalue weighted by Gasteiger charge is -2.11. The highest BCUT2D eigenvalue weighted by atomic mass is 16.4. The number of hydrogen-bond acceptors (Lipinski definition) is 3. The van der Waals surface area contributed by atoms with Crippen LogP contribution >= 0.6 is 0 Å². The van der Waals surface area contributed by atoms with Crippen molar-refractivity contribution in [3.63, 3.8) is 0 Å². The molecule has 2 heterocycles. The van der Waals surface area contributed by atoms with Crippen LogP contribution in [0.3, 0.4) is 0 Å². The average molecular weight is 380 g/mol. The summed E-state index contributed by atoms with van der Waals surface area (Å²) < 4.78 is 2.05. The monoisotopic (exact) mass is 380 g/mol. The van der Waals surface area contributed by atoms with Gasteiger partial charge in [0.25, 0.3) is 0 Å². The number of aromatic nitrogens is 2. The third kappa shape index (κ3) is 4.31. The van der Waals surface area contributed by atoms with Gasteiger partial charge in [0.1, 0.15) is 0 Å². The Morgan fingerprint density at radius 3 is 2.68 bits per heavy atom. The van der Waals surface area contributed by atoms with E-state index in [2.05, 4.69) is 15.6 Å². The van der Waals surface area contributed by atoms with Gasteiger partial charge >= 0.3 is 12.0 Å². The van der Waals surface area contributed by atoms with E-state index in [1.54, 1.807) is 12.4 Å². The van der Waals surface area contributed by atoms with E-state index in [-0.39, 0.29) is 6.03 Å². The molecule has 2 aromatic heterocycles. The first-order valence-corrected chi connectivity index (χ1v) is 9.35. The molecule has 28 heavy (non-hydrogen) atoms. The van der Waals surface area contributed by atoms with Crippen LogP contribution in [0, 0.1) is 0 Å². The molecule has 0 aliphatic carbocycles. The van der Waals surface area contributed by atoms with Gasteiger partial charge in [-0.25, -0.2) is 9.59 Å². The highest BCUT2D eigenvalue weighted by Gasteiger charge is 2.20. The van der Waals surface area contributed by atoms with Crippen LogP contribution in [0.5, 0.6) is 0 Å². The molecule has 0 radical (unpaired) electrons. The number of aryl methyl sites for hydroxylation is 1. The molecule has 7 heteroatoms. The van der Waals surface area contributed by atoms with E-state index in [9.17, 15) is 14.7 Å². The second kappa shape index (κ2) is 9.03. The van der Waals surface area contributed by atoms with Gasteiger partial charge < -0.3 is 20.3 Å². The number of fused-ring (bicyclic) bond motifs is 1. The van der Waals surface area contributed by atoms with Gasteiger partial charge in [0, 0.05) is 48.6 Å². The summed E-state index contributed by atoms with van der Waals surface area (Å²) in [6, 6.07) is 11.0. The van der Waals surface area contributed by atoms with Gasteiger partial charge in [-0.05, 0) is 30.5 Å². The van der Waals surface area contributed by atoms with Gasteiger partial charge in [0.2, 0.25) is 0 Å². The molecule has 3 N–H and O–H groups in total. The molecule has 146 valence electrons. The Kier molecular flexibility index (Phi) is 6.26. The lowest BCUT2D eigenvalue weighted by molar-refractivity contribution is 0.0697. The van der Waals surface area contributed by atoms with Crippen LogP contribution in [0.1, 0.15) is 35.0 Å². The number of hydrogen-bond donors (Lipinski definition) is 3. The Hall–Kier alpha value is -3.35. The van der Waals surface area contributed by atoms with Crippen LogP contribution in [0.25, 0.3) is 10.9 Å². The summed E-state index contributed by atoms with van der Waals surface area (Å²) in [5, 5.41) is 16.0. The van der Waals surface area contributed by atoms with Crippen LogP contribution in [0.15, 0.2) is 48.8 Å². The molecule has 2 amide bonds. The number of rotatable bonds is 8. The van der Waals surface area contributed by atoms with Crippen molar-refractivity contribution in [1.29, 1.82) is 0 Å². The zero-order valence-electron chi connectivity index (χ0n) is 15.8. The number of urea groups is 1. The van der Waals surface area contributed by atoms with E-state index in [1.165, 1.54) is 0 Å². The lowest BCUT2D eigenvalue weighted by Crippen LogP contribution is -2.35. The number of carboxylic acid groups (broad SMARTS) is 1. The Balaban J connectivity index is 1.58. The van der Waals surface area contributed by atoms with Gasteiger partial charge in [0.05, 0.1) is 5.56 Å². The van der Waals surface area contributed by atoms with Crippen LogP contribution in [0.2, 0.25) is 0 Å². The standard InChI is InChI=1S/C21H24N4O3/c1-2-17-19(20(26)27)16-8-3-4-9-18(16)25(17)12-6-11-23-21(28)24-14-15-7-5-10-22-13-15/h3-5,7-10,13H,2,6,11-12,14H2,1H3,(H,26,27)(H2,23,24,28). The molecule has 1 aromatic carbocycles. The van der Waals surface area contributed by atoms with E-state index in [1.807, 2.05) is 47.9 Å². The molecular weight excluding hydrogens is 356 g/mol. The average Bonchev–Trinajstić information content (AvgIpc) is 3.04. The van der Waals surface area contributed by atoms with Crippen LogP contribution in [0.4, 0.5) is 4.79 Å². The van der Waals surface area contributed by atoms with E-state index < -0.39 is 5.97 Å². The number of carbonyl (C=O) groups excluding carboxylic acids is 1. The van der Waals surface area contributed by atoms with Crippen molar-refractivity contribution in [2.45, 2.75) is 32.9 Å². The predicted octanol–water partition coefficient (Wildman–Crippen LogP) is 3.19. The number of aromatic carboxylic acids is 1. The van der Waals surface area contributed by atoms with Crippen molar-refractivity contribution in [3.05, 3.63) is 65.6 Å². The van der Waals surface area contributed by atoms with Gasteiger partial charge in [-0.1, -0.05) is 31.2 Å². The largest absolute Gasteiger partial charge is 0.478 e. The Morgan fingerprint density at radius 1 is 1.14 bits per heavy atom. The molecule has 0 atom stereocenters. The van der Waals surface area contributed by atoms with Crippen molar-refractivity contribution in [1.82, 2.24) is 20.2 Å². The third-order valence-electron chi connectivity index (χ3n) is 4.65. The van der Waals surface area contributed by atoms with Gasteiger partial charge in [-0.3, -0.25) is 4.98 Å². The smallest absolute Gasteiger partial charge is 0.338 e. The topological polar surface area (TPSA) is 96.2 Å². The molecule has 0 saturated heterocycles. The second-order valence-corrected chi connectivity index (χ2v) is 6.47. The fourth-order valence-electron chi connectivity index (χ4n) is 3.40. The van der Waals surface area contributed by atoms with Crippen molar-refractivity contribution in [2.24, 2.45) is 0 Å². The molecule has 0 bridgehead atoms. The maximum atomic E-state index is 11.9. The van der Waals surface area contributed by atoms with Crippen LogP contribution in [-0.4, -0.2) is 33.2 Å². The lowest BCUT2D eigenvalue weighted by atomic mass is 10.1. The zero-order chi connectivity index (χ0) is 19.9. The summed E-state index contributed by atoms with van der Waals surface area (Å²) >= 11 is 0. The first-order valence-electron chi connectivity index (χ1n) is 9.35. The molecule has 0 unspecified atom stereocenters. The minimum absolute atomic E-state index is 0.233. The van der Waals surface area contributed by atoms with Crippen molar-refractivity contribution < 1.29 is 14.7 Å². The summed E-state index contributed by atoms with van der Waals surface area (Å²) in [6.45, 7) is 3.52. The number of pyridine rings is 1. The van der Waals surface area contributed by atoms with E-state index in [0.29, 0.717) is 38.0 Å². The minimum Gasteiger partial charge on any atom is -0.478 e. The van der Waals surface area contributed by atoms with Gasteiger partial charge in [-0.2, -0.15) is 0 Å². The Labute approximate surface area is 163 Å². The minimum atomic E-state index is -0.903. The molecule has 3 rings (SSSR count). The third-order valence-corrected chi connectivity index (χ3v) is 4.65. The number of nitrogens with zero attached hydrogens (tertiary/aromatic N) is 2. The summed E-state index contributed by atoms with van der Waals surface area (Å²) in [5.74, 6) is -0.903. The second-order valence-electron chi connectivity index (χ2n) is 6.47. The Bertz CT molecular complexity index is 966. The zero-order valence-corrected chi connectivity index (χ0v) is 15.8. The van der Waals surface area contributed by atoms with Crippen LogP contribution in [-0.2, 0) is 19.5 Å². The van der Waals surface area contributed by atoms with Crippen molar-refractivity contribution >= 4 is 22.9 Å². The number of nitrogens with one attached hydrogen (secondary N) is 2. The Morgan fingerprint density at radius 2 is 1.96 bits per heavy atom. The fourth-order valence-corrected chi connectivity index (χ4v) is 3.40. The highest BCUT2D eigenvalue weighted by molar-refractivity contribution is 6.05. The normalized spacial score (nSPS) is 10.8. The maximum absolute atomic E-state index is 11.9. The molecule has 3 aromatic rings. The number of amides is 2. The molecule has 0 spiro atoms. The number of carbonyl (C=O) groups is 2. The summed E-state index contributed by atoms with van der Waals surface area (Å²) in [5.41, 5.74) is 3.04. The quantitative estimate of drug-likeness (QED) is 0.523. The molecule has 0 fully saturated rings. The van der Waals surface area contributed by atoms with E-state index in [4.69, 9.17) is 0 Å². The number of carboxylic acids is 1. The molecule has 7 nitrogen and oxygen atoms in total. The van der Waals surface area contributed by atoms with Crippen molar-refractivity contribution in [3.8, 4) is 0 Å². The first kappa shape index (κ1) is 19.4. The number of benzene rings is 1. The summed E-state index contributed by atoms with van der Waals surface area (Å²) in [7, 11) is 0. The van der Waals surface area contributed by atoms with Crippen LogP contribution < -0.4 is 10.6 Å². The van der Waals surface area contributed by atoms with E-state index in [0.717, 1.165) is 22.2 Å². The van der Waals surface area contributed by atoms with Gasteiger partial charge in [-0.15, -0.1) is 0 Å². The predicted molar refractivity (Wildman–Crippen MR) is 107 cm³/mol. The van der Waals surface area contributed by atoms with E-state index >= 15 is 0 Å². The molecule has 0 saturated carbocycles. The molecule has 0 aliphatic rings. The fraction of sp³-hybridized carbons (Fsp3) is 0.286. The highest BCUT2D eigenvalue weighted by Crippen LogP contribution is 2.27. The van der Waals surface area contributed by atoms with Crippen molar-refractivity contribution in [2.75, 3.05) is 6.54 Å². The number of para-hydroxylation sites is 1. The summed E-state index contributed by atoms with van der Waals surface area (Å²) in [6.07, 6.45) is 4.74. The maximum Gasteiger partial charge on any atom is 0.338 e. The summed E-state index contributed by atoms with van der Waals surface area (Å²) in [4.78, 5) is 27.7. The van der Waals surface area contributed by atoms with Gasteiger partial charge in [0.15, 0.2) is 0 Å². The SMILES string of the molecule is CCc1c(C(=O)O)c2ccccc2n1CCCNC(=O)NCc1cccnc1.